The number of hydrogen-bond donors (Lipinski definition) is 2. The monoisotopic (exact) mass is 281 g/mol. The Morgan fingerprint density at radius 3 is 2.89 bits per heavy atom. The van der Waals surface area contributed by atoms with Crippen LogP contribution in [0.15, 0.2) is 18.2 Å². The van der Waals surface area contributed by atoms with Crippen molar-refractivity contribution in [3.63, 3.8) is 0 Å². The first kappa shape index (κ1) is 14.2. The van der Waals surface area contributed by atoms with Crippen LogP contribution >= 0.6 is 11.6 Å². The zero-order chi connectivity index (χ0) is 14.0. The molecular weight excluding hydrogens is 262 g/mol. The first-order valence-corrected chi connectivity index (χ1v) is 6.98. The van der Waals surface area contributed by atoms with Crippen molar-refractivity contribution >= 4 is 23.2 Å². The third-order valence-corrected chi connectivity index (χ3v) is 4.13. The molecule has 2 unspecified atom stereocenters. The number of anilines is 1. The van der Waals surface area contributed by atoms with Crippen LogP contribution in [0.4, 0.5) is 5.69 Å². The van der Waals surface area contributed by atoms with Crippen LogP contribution in [0.3, 0.4) is 0 Å². The molecule has 2 rings (SSSR count). The molecule has 19 heavy (non-hydrogen) atoms. The highest BCUT2D eigenvalue weighted by molar-refractivity contribution is 6.31. The Kier molecular flexibility index (Phi) is 4.32. The third kappa shape index (κ3) is 2.85. The zero-order valence-electron chi connectivity index (χ0n) is 11.1. The van der Waals surface area contributed by atoms with Crippen molar-refractivity contribution in [3.8, 4) is 0 Å². The molecule has 0 bridgehead atoms. The van der Waals surface area contributed by atoms with Crippen LogP contribution in [0.2, 0.25) is 5.02 Å². The van der Waals surface area contributed by atoms with Gasteiger partial charge in [0, 0.05) is 24.2 Å². The molecule has 0 aliphatic carbocycles. The fourth-order valence-corrected chi connectivity index (χ4v) is 3.02. The molecule has 1 aromatic rings. The molecule has 0 aromatic heterocycles. The van der Waals surface area contributed by atoms with E-state index in [0.29, 0.717) is 23.0 Å². The van der Waals surface area contributed by atoms with Crippen LogP contribution in [0.25, 0.3) is 0 Å². The van der Waals surface area contributed by atoms with Gasteiger partial charge in [-0.15, -0.1) is 0 Å². The fourth-order valence-electron chi connectivity index (χ4n) is 2.86. The summed E-state index contributed by atoms with van der Waals surface area (Å²) in [5.41, 5.74) is 12.7. The van der Waals surface area contributed by atoms with Crippen molar-refractivity contribution in [2.75, 3.05) is 18.0 Å². The minimum Gasteiger partial charge on any atom is -0.366 e. The summed E-state index contributed by atoms with van der Waals surface area (Å²) >= 11 is 6.06. The summed E-state index contributed by atoms with van der Waals surface area (Å²) in [6, 6.07) is 5.41. The van der Waals surface area contributed by atoms with Crippen molar-refractivity contribution in [2.24, 2.45) is 17.4 Å². The number of nitrogens with two attached hydrogens (primary N) is 2. The van der Waals surface area contributed by atoms with E-state index < -0.39 is 5.91 Å². The molecule has 1 amide bonds. The van der Waals surface area contributed by atoms with Gasteiger partial charge in [0.05, 0.1) is 11.3 Å². The first-order valence-electron chi connectivity index (χ1n) is 6.60. The van der Waals surface area contributed by atoms with Gasteiger partial charge < -0.3 is 16.4 Å². The van der Waals surface area contributed by atoms with Gasteiger partial charge in [-0.2, -0.15) is 0 Å². The molecular formula is C14H20ClN3O. The number of carbonyl (C=O) groups excluding carboxylic acids is 1. The van der Waals surface area contributed by atoms with Gasteiger partial charge in [0.2, 0.25) is 0 Å². The van der Waals surface area contributed by atoms with Gasteiger partial charge in [0.15, 0.2) is 0 Å². The summed E-state index contributed by atoms with van der Waals surface area (Å²) < 4.78 is 0. The number of hydrogen-bond acceptors (Lipinski definition) is 3. The minimum absolute atomic E-state index is 0.227. The Labute approximate surface area is 118 Å². The number of rotatable bonds is 3. The predicted molar refractivity (Wildman–Crippen MR) is 78.6 cm³/mol. The normalized spacial score (nSPS) is 23.4. The number of benzene rings is 1. The quantitative estimate of drug-likeness (QED) is 0.890. The number of halogens is 1. The Morgan fingerprint density at radius 1 is 1.53 bits per heavy atom. The summed E-state index contributed by atoms with van der Waals surface area (Å²) in [5.74, 6) is 0.0686. The van der Waals surface area contributed by atoms with E-state index in [0.717, 1.165) is 25.1 Å². The first-order chi connectivity index (χ1) is 9.04. The molecule has 4 N–H and O–H groups in total. The highest BCUT2D eigenvalue weighted by Crippen LogP contribution is 2.32. The van der Waals surface area contributed by atoms with Crippen molar-refractivity contribution in [1.29, 1.82) is 0 Å². The summed E-state index contributed by atoms with van der Waals surface area (Å²) in [4.78, 5) is 13.8. The smallest absolute Gasteiger partial charge is 0.250 e. The average Bonchev–Trinajstić information content (AvgIpc) is 2.37. The average molecular weight is 282 g/mol. The van der Waals surface area contributed by atoms with Gasteiger partial charge in [0.25, 0.3) is 5.91 Å². The molecule has 104 valence electrons. The summed E-state index contributed by atoms with van der Waals surface area (Å²) in [6.45, 7) is 3.64. The SMILES string of the molecule is CC1CCCN(c2cc(Cl)ccc2C(N)=O)C1CN. The maximum absolute atomic E-state index is 11.6. The van der Waals surface area contributed by atoms with Crippen molar-refractivity contribution < 1.29 is 4.79 Å². The van der Waals surface area contributed by atoms with E-state index in [2.05, 4.69) is 11.8 Å². The van der Waals surface area contributed by atoms with E-state index >= 15 is 0 Å². The zero-order valence-corrected chi connectivity index (χ0v) is 11.9. The van der Waals surface area contributed by atoms with E-state index in [1.165, 1.54) is 0 Å². The lowest BCUT2D eigenvalue weighted by Crippen LogP contribution is -2.49. The Bertz CT molecular complexity index is 478. The number of piperidine rings is 1. The van der Waals surface area contributed by atoms with Crippen molar-refractivity contribution in [1.82, 2.24) is 0 Å². The fraction of sp³-hybridized carbons (Fsp3) is 0.500. The third-order valence-electron chi connectivity index (χ3n) is 3.89. The molecule has 5 heteroatoms. The molecule has 1 aliphatic rings. The Balaban J connectivity index is 2.43. The van der Waals surface area contributed by atoms with Gasteiger partial charge in [-0.3, -0.25) is 4.79 Å². The summed E-state index contributed by atoms with van der Waals surface area (Å²) in [7, 11) is 0. The molecule has 0 radical (unpaired) electrons. The van der Waals surface area contributed by atoms with E-state index in [9.17, 15) is 4.79 Å². The van der Waals surface area contributed by atoms with Gasteiger partial charge in [-0.25, -0.2) is 0 Å². The number of carbonyl (C=O) groups is 1. The summed E-state index contributed by atoms with van der Waals surface area (Å²) in [6.07, 6.45) is 2.24. The highest BCUT2D eigenvalue weighted by Gasteiger charge is 2.29. The lowest BCUT2D eigenvalue weighted by Gasteiger charge is -2.41. The lowest BCUT2D eigenvalue weighted by molar-refractivity contribution is 0.100. The number of primary amides is 1. The Morgan fingerprint density at radius 2 is 2.26 bits per heavy atom. The molecule has 1 fully saturated rings. The van der Waals surface area contributed by atoms with Gasteiger partial charge in [-0.05, 0) is 37.0 Å². The van der Waals surface area contributed by atoms with Crippen molar-refractivity contribution in [2.45, 2.75) is 25.8 Å². The summed E-state index contributed by atoms with van der Waals surface area (Å²) in [5, 5.41) is 0.606. The van der Waals surface area contributed by atoms with Crippen LogP contribution in [0.1, 0.15) is 30.1 Å². The van der Waals surface area contributed by atoms with E-state index in [-0.39, 0.29) is 6.04 Å². The van der Waals surface area contributed by atoms with Gasteiger partial charge in [0.1, 0.15) is 0 Å². The molecule has 0 saturated carbocycles. The molecule has 4 nitrogen and oxygen atoms in total. The van der Waals surface area contributed by atoms with Gasteiger partial charge >= 0.3 is 0 Å². The molecule has 1 saturated heterocycles. The van der Waals surface area contributed by atoms with Crippen molar-refractivity contribution in [3.05, 3.63) is 28.8 Å². The molecule has 1 heterocycles. The largest absolute Gasteiger partial charge is 0.366 e. The second-order valence-electron chi connectivity index (χ2n) is 5.14. The van der Waals surface area contributed by atoms with E-state index in [1.807, 2.05) is 6.07 Å². The van der Waals surface area contributed by atoms with Crippen LogP contribution in [0, 0.1) is 5.92 Å². The van der Waals surface area contributed by atoms with E-state index in [4.69, 9.17) is 23.1 Å². The topological polar surface area (TPSA) is 72.3 Å². The Hall–Kier alpha value is -1.26. The second-order valence-corrected chi connectivity index (χ2v) is 5.58. The maximum atomic E-state index is 11.6. The number of amides is 1. The standard InChI is InChI=1S/C14H20ClN3O/c1-9-3-2-6-18(13(9)8-16)12-7-10(15)4-5-11(12)14(17)19/h4-5,7,9,13H,2-3,6,8,16H2,1H3,(H2,17,19). The highest BCUT2D eigenvalue weighted by atomic mass is 35.5. The predicted octanol–water partition coefficient (Wildman–Crippen LogP) is 2.00. The van der Waals surface area contributed by atoms with Crippen LogP contribution < -0.4 is 16.4 Å². The van der Waals surface area contributed by atoms with Gasteiger partial charge in [-0.1, -0.05) is 18.5 Å². The number of nitrogens with zero attached hydrogens (tertiary/aromatic N) is 1. The molecule has 0 spiro atoms. The maximum Gasteiger partial charge on any atom is 0.250 e. The van der Waals surface area contributed by atoms with E-state index in [1.54, 1.807) is 12.1 Å². The molecule has 1 aromatic carbocycles. The van der Waals surface area contributed by atoms with Crippen LogP contribution in [0.5, 0.6) is 0 Å². The lowest BCUT2D eigenvalue weighted by atomic mass is 9.90. The second kappa shape index (κ2) is 5.80. The molecule has 1 aliphatic heterocycles. The molecule has 2 atom stereocenters. The van der Waals surface area contributed by atoms with Crippen LogP contribution in [-0.2, 0) is 0 Å². The minimum atomic E-state index is -0.430. The van der Waals surface area contributed by atoms with Crippen LogP contribution in [-0.4, -0.2) is 25.0 Å².